The lowest BCUT2D eigenvalue weighted by molar-refractivity contribution is 0.0939. The molecule has 0 saturated heterocycles. The predicted octanol–water partition coefficient (Wildman–Crippen LogP) is 2.63. The number of aryl methyl sites for hydroxylation is 2. The third kappa shape index (κ3) is 3.00. The summed E-state index contributed by atoms with van der Waals surface area (Å²) in [5.74, 6) is 0.637. The Bertz CT molecular complexity index is 1000. The maximum absolute atomic E-state index is 12.8. The topological polar surface area (TPSA) is 97.2 Å². The highest BCUT2D eigenvalue weighted by atomic mass is 16.5. The highest BCUT2D eigenvalue weighted by Gasteiger charge is 2.24. The Morgan fingerprint density at radius 3 is 2.84 bits per heavy atom. The lowest BCUT2D eigenvalue weighted by atomic mass is 10.0. The van der Waals surface area contributed by atoms with E-state index < -0.39 is 11.5 Å². The van der Waals surface area contributed by atoms with Gasteiger partial charge in [-0.2, -0.15) is 0 Å². The normalized spacial score (nSPS) is 12.2. The van der Waals surface area contributed by atoms with Crippen LogP contribution < -0.4 is 15.6 Å². The van der Waals surface area contributed by atoms with Crippen molar-refractivity contribution in [3.8, 4) is 5.75 Å². The second-order valence-corrected chi connectivity index (χ2v) is 5.89. The molecule has 2 N–H and O–H groups in total. The first-order chi connectivity index (χ1) is 11.9. The van der Waals surface area contributed by atoms with E-state index in [1.54, 1.807) is 14.0 Å². The van der Waals surface area contributed by atoms with Gasteiger partial charge < -0.3 is 19.5 Å². The first kappa shape index (κ1) is 16.8. The molecule has 0 aliphatic carbocycles. The van der Waals surface area contributed by atoms with Crippen LogP contribution in [-0.4, -0.2) is 23.0 Å². The van der Waals surface area contributed by atoms with Crippen LogP contribution in [0.15, 0.2) is 33.7 Å². The number of H-pyrrole nitrogens is 1. The third-order valence-electron chi connectivity index (χ3n) is 4.10. The lowest BCUT2D eigenvalue weighted by Crippen LogP contribution is -2.28. The fourth-order valence-corrected chi connectivity index (χ4v) is 2.87. The summed E-state index contributed by atoms with van der Waals surface area (Å²) in [5.41, 5.74) is 1.85. The number of amides is 1. The van der Waals surface area contributed by atoms with Crippen molar-refractivity contribution in [2.24, 2.45) is 0 Å². The number of nitrogens with one attached hydrogen (secondary N) is 2. The Labute approximate surface area is 144 Å². The number of aromatic amines is 1. The maximum atomic E-state index is 12.8. The second-order valence-electron chi connectivity index (χ2n) is 5.89. The molecule has 0 saturated carbocycles. The van der Waals surface area contributed by atoms with Gasteiger partial charge in [-0.1, -0.05) is 17.7 Å². The number of hydrogen-bond acceptors (Lipinski definition) is 5. The van der Waals surface area contributed by atoms with Crippen LogP contribution in [0.4, 0.5) is 0 Å². The van der Waals surface area contributed by atoms with Crippen molar-refractivity contribution >= 4 is 17.0 Å². The SMILES string of the molecule is COc1ccc(C)cc1[C@@H](C)NC(=O)c1c(C)oc2nc[nH]c(=O)c12. The minimum absolute atomic E-state index is 0.146. The van der Waals surface area contributed by atoms with Crippen molar-refractivity contribution in [1.82, 2.24) is 15.3 Å². The second kappa shape index (κ2) is 6.43. The van der Waals surface area contributed by atoms with Crippen LogP contribution in [0.2, 0.25) is 0 Å². The zero-order valence-electron chi connectivity index (χ0n) is 14.5. The van der Waals surface area contributed by atoms with Gasteiger partial charge in [0, 0.05) is 5.56 Å². The van der Waals surface area contributed by atoms with Gasteiger partial charge in [-0.25, -0.2) is 4.98 Å². The van der Waals surface area contributed by atoms with Crippen LogP contribution >= 0.6 is 0 Å². The molecule has 2 heterocycles. The highest BCUT2D eigenvalue weighted by Crippen LogP contribution is 2.27. The molecule has 7 nitrogen and oxygen atoms in total. The fraction of sp³-hybridized carbons (Fsp3) is 0.278. The van der Waals surface area contributed by atoms with Crippen LogP contribution in [0.1, 0.15) is 40.2 Å². The molecule has 3 rings (SSSR count). The summed E-state index contributed by atoms with van der Waals surface area (Å²) in [7, 11) is 1.58. The van der Waals surface area contributed by atoms with Crippen molar-refractivity contribution in [2.75, 3.05) is 7.11 Å². The van der Waals surface area contributed by atoms with E-state index in [2.05, 4.69) is 15.3 Å². The van der Waals surface area contributed by atoms with Gasteiger partial charge in [-0.15, -0.1) is 0 Å². The molecule has 2 aromatic heterocycles. The first-order valence-electron chi connectivity index (χ1n) is 7.84. The van der Waals surface area contributed by atoms with E-state index in [0.717, 1.165) is 11.1 Å². The number of benzene rings is 1. The quantitative estimate of drug-likeness (QED) is 0.760. The average molecular weight is 341 g/mol. The molecule has 1 aromatic carbocycles. The highest BCUT2D eigenvalue weighted by molar-refractivity contribution is 6.06. The molecule has 0 unspecified atom stereocenters. The zero-order valence-corrected chi connectivity index (χ0v) is 14.5. The van der Waals surface area contributed by atoms with Gasteiger partial charge in [0.05, 0.1) is 25.0 Å². The Hall–Kier alpha value is -3.09. The predicted molar refractivity (Wildman–Crippen MR) is 93.0 cm³/mol. The van der Waals surface area contributed by atoms with E-state index in [0.29, 0.717) is 11.5 Å². The summed E-state index contributed by atoms with van der Waals surface area (Å²) < 4.78 is 10.8. The summed E-state index contributed by atoms with van der Waals surface area (Å²) in [5, 5.41) is 3.05. The van der Waals surface area contributed by atoms with Gasteiger partial charge in [0.25, 0.3) is 11.5 Å². The summed E-state index contributed by atoms with van der Waals surface area (Å²) >= 11 is 0. The number of carbonyl (C=O) groups excluding carboxylic acids is 1. The van der Waals surface area contributed by atoms with E-state index in [1.165, 1.54) is 6.33 Å². The molecule has 25 heavy (non-hydrogen) atoms. The van der Waals surface area contributed by atoms with Gasteiger partial charge >= 0.3 is 0 Å². The summed E-state index contributed by atoms with van der Waals surface area (Å²) in [4.78, 5) is 31.3. The largest absolute Gasteiger partial charge is 0.496 e. The number of ether oxygens (including phenoxy) is 1. The average Bonchev–Trinajstić information content (AvgIpc) is 2.92. The molecule has 0 fully saturated rings. The van der Waals surface area contributed by atoms with Crippen LogP contribution in [0.5, 0.6) is 5.75 Å². The molecule has 0 spiro atoms. The molecule has 0 radical (unpaired) electrons. The van der Waals surface area contributed by atoms with Gasteiger partial charge in [0.15, 0.2) is 0 Å². The van der Waals surface area contributed by atoms with E-state index in [4.69, 9.17) is 9.15 Å². The number of rotatable bonds is 4. The van der Waals surface area contributed by atoms with Crippen molar-refractivity contribution in [1.29, 1.82) is 0 Å². The molecule has 0 aliphatic rings. The standard InChI is InChI=1S/C18H19N3O4/c1-9-5-6-13(24-4)12(7-9)10(2)21-17(23)14-11(3)25-18-15(14)16(22)19-8-20-18/h5-8,10H,1-4H3,(H,21,23)(H,19,20,22)/t10-/m1/s1. The van der Waals surface area contributed by atoms with Gasteiger partial charge in [0.2, 0.25) is 5.71 Å². The number of furan rings is 1. The van der Waals surface area contributed by atoms with Gasteiger partial charge in [-0.3, -0.25) is 9.59 Å². The third-order valence-corrected chi connectivity index (χ3v) is 4.10. The number of nitrogens with zero attached hydrogens (tertiary/aromatic N) is 1. The number of hydrogen-bond donors (Lipinski definition) is 2. The van der Waals surface area contributed by atoms with Gasteiger partial charge in [0.1, 0.15) is 16.9 Å². The zero-order chi connectivity index (χ0) is 18.1. The minimum atomic E-state index is -0.409. The molecule has 0 aliphatic heterocycles. The number of methoxy groups -OCH3 is 1. The molecule has 7 heteroatoms. The van der Waals surface area contributed by atoms with E-state index in [9.17, 15) is 9.59 Å². The Balaban J connectivity index is 1.97. The summed E-state index contributed by atoms with van der Waals surface area (Å²) in [6, 6.07) is 5.44. The lowest BCUT2D eigenvalue weighted by Gasteiger charge is -2.18. The smallest absolute Gasteiger partial charge is 0.262 e. The molecule has 0 bridgehead atoms. The summed E-state index contributed by atoms with van der Waals surface area (Å²) in [6.07, 6.45) is 1.25. The molecular formula is C18H19N3O4. The summed E-state index contributed by atoms with van der Waals surface area (Å²) in [6.45, 7) is 5.46. The molecule has 3 aromatic rings. The molecule has 1 atom stereocenters. The molecule has 1 amide bonds. The molecular weight excluding hydrogens is 322 g/mol. The van der Waals surface area contributed by atoms with Gasteiger partial charge in [-0.05, 0) is 26.8 Å². The number of aromatic nitrogens is 2. The van der Waals surface area contributed by atoms with Crippen LogP contribution in [0.3, 0.4) is 0 Å². The van der Waals surface area contributed by atoms with Crippen LogP contribution in [0, 0.1) is 13.8 Å². The van der Waals surface area contributed by atoms with E-state index >= 15 is 0 Å². The van der Waals surface area contributed by atoms with Crippen molar-refractivity contribution in [2.45, 2.75) is 26.8 Å². The monoisotopic (exact) mass is 341 g/mol. The minimum Gasteiger partial charge on any atom is -0.496 e. The first-order valence-corrected chi connectivity index (χ1v) is 7.84. The van der Waals surface area contributed by atoms with Crippen molar-refractivity contribution in [3.63, 3.8) is 0 Å². The Morgan fingerprint density at radius 1 is 1.36 bits per heavy atom. The Morgan fingerprint density at radius 2 is 2.12 bits per heavy atom. The van der Waals surface area contributed by atoms with Crippen LogP contribution in [-0.2, 0) is 0 Å². The van der Waals surface area contributed by atoms with Crippen LogP contribution in [0.25, 0.3) is 11.1 Å². The molecule has 130 valence electrons. The number of carbonyl (C=O) groups is 1. The van der Waals surface area contributed by atoms with Crippen molar-refractivity contribution < 1.29 is 13.9 Å². The maximum Gasteiger partial charge on any atom is 0.262 e. The Kier molecular flexibility index (Phi) is 4.31. The van der Waals surface area contributed by atoms with E-state index in [1.807, 2.05) is 32.0 Å². The van der Waals surface area contributed by atoms with E-state index in [-0.39, 0.29) is 22.7 Å². The number of fused-ring (bicyclic) bond motifs is 1. The van der Waals surface area contributed by atoms with Crippen molar-refractivity contribution in [3.05, 3.63) is 57.3 Å². The fourth-order valence-electron chi connectivity index (χ4n) is 2.87.